The molecular weight excluding hydrogens is 314 g/mol. The maximum absolute atomic E-state index is 12.1. The summed E-state index contributed by atoms with van der Waals surface area (Å²) in [5.41, 5.74) is 4.32. The van der Waals surface area contributed by atoms with Gasteiger partial charge in [-0.2, -0.15) is 0 Å². The summed E-state index contributed by atoms with van der Waals surface area (Å²) in [5.74, 6) is 0. The van der Waals surface area contributed by atoms with E-state index in [1.165, 1.54) is 21.8 Å². The predicted octanol–water partition coefficient (Wildman–Crippen LogP) is 4.45. The molecule has 0 aliphatic carbocycles. The smallest absolute Gasteiger partial charge is 0.319 e. The molecule has 0 spiro atoms. The summed E-state index contributed by atoms with van der Waals surface area (Å²) in [7, 11) is 1.61. The van der Waals surface area contributed by atoms with Gasteiger partial charge in [-0.1, -0.05) is 18.2 Å². The fraction of sp³-hybridized carbons (Fsp3) is 0.350. The Kier molecular flexibility index (Phi) is 4.95. The van der Waals surface area contributed by atoms with Gasteiger partial charge in [0.05, 0.1) is 6.61 Å². The second-order valence-corrected chi connectivity index (χ2v) is 6.49. The molecule has 0 bridgehead atoms. The first-order valence-electron chi connectivity index (χ1n) is 8.60. The predicted molar refractivity (Wildman–Crippen MR) is 103 cm³/mol. The number of carbonyl (C=O) groups is 1. The zero-order valence-electron chi connectivity index (χ0n) is 15.2. The van der Waals surface area contributed by atoms with E-state index < -0.39 is 0 Å². The average molecular weight is 339 g/mol. The minimum absolute atomic E-state index is 0.216. The molecule has 0 saturated heterocycles. The molecular formula is C20H25N3O2. The second kappa shape index (κ2) is 7.15. The number of urea groups is 1. The molecule has 3 rings (SSSR count). The first kappa shape index (κ1) is 17.3. The van der Waals surface area contributed by atoms with Gasteiger partial charge in [-0.15, -0.1) is 0 Å². The minimum Gasteiger partial charge on any atom is -0.383 e. The van der Waals surface area contributed by atoms with E-state index >= 15 is 0 Å². The summed E-state index contributed by atoms with van der Waals surface area (Å²) in [4.78, 5) is 12.1. The highest BCUT2D eigenvalue weighted by atomic mass is 16.5. The van der Waals surface area contributed by atoms with Crippen molar-refractivity contribution in [3.8, 4) is 0 Å². The van der Waals surface area contributed by atoms with E-state index in [0.29, 0.717) is 19.2 Å². The Balaban J connectivity index is 2.05. The molecule has 5 heteroatoms. The van der Waals surface area contributed by atoms with Crippen LogP contribution in [0.25, 0.3) is 21.8 Å². The van der Waals surface area contributed by atoms with Crippen LogP contribution >= 0.6 is 0 Å². The third kappa shape index (κ3) is 3.20. The number of hydrogen-bond donors (Lipinski definition) is 2. The zero-order valence-corrected chi connectivity index (χ0v) is 15.2. The highest BCUT2D eigenvalue weighted by Crippen LogP contribution is 2.36. The van der Waals surface area contributed by atoms with Crippen molar-refractivity contribution in [1.82, 2.24) is 9.88 Å². The van der Waals surface area contributed by atoms with Gasteiger partial charge < -0.3 is 19.9 Å². The van der Waals surface area contributed by atoms with Crippen LogP contribution in [0.5, 0.6) is 0 Å². The van der Waals surface area contributed by atoms with E-state index in [0.717, 1.165) is 11.3 Å². The lowest BCUT2D eigenvalue weighted by molar-refractivity contribution is 0.198. The molecule has 1 heterocycles. The number of nitrogens with one attached hydrogen (secondary N) is 2. The maximum atomic E-state index is 12.1. The van der Waals surface area contributed by atoms with E-state index in [-0.39, 0.29) is 6.03 Å². The van der Waals surface area contributed by atoms with Gasteiger partial charge in [0.1, 0.15) is 0 Å². The average Bonchev–Trinajstić information content (AvgIpc) is 2.92. The largest absolute Gasteiger partial charge is 0.383 e. The van der Waals surface area contributed by atoms with Crippen molar-refractivity contribution < 1.29 is 9.53 Å². The summed E-state index contributed by atoms with van der Waals surface area (Å²) in [6.45, 7) is 7.42. The van der Waals surface area contributed by atoms with Gasteiger partial charge >= 0.3 is 6.03 Å². The fourth-order valence-corrected chi connectivity index (χ4v) is 3.39. The number of rotatable bonds is 5. The molecule has 0 radical (unpaired) electrons. The van der Waals surface area contributed by atoms with Crippen molar-refractivity contribution in [3.05, 3.63) is 42.0 Å². The van der Waals surface area contributed by atoms with Crippen LogP contribution in [0, 0.1) is 6.92 Å². The number of benzene rings is 2. The van der Waals surface area contributed by atoms with Gasteiger partial charge in [-0.25, -0.2) is 4.79 Å². The zero-order chi connectivity index (χ0) is 18.0. The second-order valence-electron chi connectivity index (χ2n) is 6.49. The van der Waals surface area contributed by atoms with Crippen molar-refractivity contribution in [1.29, 1.82) is 0 Å². The summed E-state index contributed by atoms with van der Waals surface area (Å²) >= 11 is 0. The SMILES string of the molecule is COCCNC(=O)Nc1ccc2c(c1C)c1ccccc1n2C(C)C. The Labute approximate surface area is 148 Å². The van der Waals surface area contributed by atoms with E-state index in [1.54, 1.807) is 7.11 Å². The van der Waals surface area contributed by atoms with Crippen LogP contribution in [-0.4, -0.2) is 30.9 Å². The monoisotopic (exact) mass is 339 g/mol. The molecule has 2 N–H and O–H groups in total. The lowest BCUT2D eigenvalue weighted by atomic mass is 10.1. The van der Waals surface area contributed by atoms with Gasteiger partial charge in [0, 0.05) is 47.2 Å². The molecule has 0 unspecified atom stereocenters. The van der Waals surface area contributed by atoms with Gasteiger partial charge in [0.15, 0.2) is 0 Å². The molecule has 0 aliphatic rings. The van der Waals surface area contributed by atoms with Crippen molar-refractivity contribution in [3.63, 3.8) is 0 Å². The number of nitrogens with zero attached hydrogens (tertiary/aromatic N) is 1. The standard InChI is InChI=1S/C20H25N3O2/c1-13(2)23-17-8-6-5-7-15(17)19-14(3)16(9-10-18(19)23)22-20(24)21-11-12-25-4/h5-10,13H,11-12H2,1-4H3,(H2,21,22,24). The molecule has 0 atom stereocenters. The molecule has 0 saturated carbocycles. The number of aromatic nitrogens is 1. The summed E-state index contributed by atoms with van der Waals surface area (Å²) in [5, 5.41) is 8.15. The molecule has 25 heavy (non-hydrogen) atoms. The van der Waals surface area contributed by atoms with Gasteiger partial charge in [0.2, 0.25) is 0 Å². The normalized spacial score (nSPS) is 11.4. The molecule has 5 nitrogen and oxygen atoms in total. The van der Waals surface area contributed by atoms with E-state index in [1.807, 2.05) is 6.07 Å². The maximum Gasteiger partial charge on any atom is 0.319 e. The third-order valence-electron chi connectivity index (χ3n) is 4.49. The molecule has 132 valence electrons. The topological polar surface area (TPSA) is 55.3 Å². The van der Waals surface area contributed by atoms with E-state index in [2.05, 4.69) is 66.3 Å². The molecule has 3 aromatic rings. The van der Waals surface area contributed by atoms with Crippen molar-refractivity contribution in [2.75, 3.05) is 25.6 Å². The van der Waals surface area contributed by atoms with Gasteiger partial charge in [-0.3, -0.25) is 0 Å². The van der Waals surface area contributed by atoms with Crippen LogP contribution in [0.2, 0.25) is 0 Å². The highest BCUT2D eigenvalue weighted by molar-refractivity contribution is 6.12. The number of methoxy groups -OCH3 is 1. The van der Waals surface area contributed by atoms with Crippen LogP contribution < -0.4 is 10.6 Å². The molecule has 1 aromatic heterocycles. The molecule has 0 aliphatic heterocycles. The van der Waals surface area contributed by atoms with Crippen molar-refractivity contribution >= 4 is 33.5 Å². The number of fused-ring (bicyclic) bond motifs is 3. The molecule has 0 fully saturated rings. The van der Waals surface area contributed by atoms with Gasteiger partial charge in [0.25, 0.3) is 0 Å². The molecule has 2 amide bonds. The number of amides is 2. The first-order valence-corrected chi connectivity index (χ1v) is 8.60. The Hall–Kier alpha value is -2.53. The number of anilines is 1. The lowest BCUT2D eigenvalue weighted by Crippen LogP contribution is -2.31. The van der Waals surface area contributed by atoms with Crippen LogP contribution in [0.1, 0.15) is 25.5 Å². The minimum atomic E-state index is -0.216. The summed E-state index contributed by atoms with van der Waals surface area (Å²) in [6.07, 6.45) is 0. The Bertz CT molecular complexity index is 912. The van der Waals surface area contributed by atoms with Crippen molar-refractivity contribution in [2.24, 2.45) is 0 Å². The number of para-hydroxylation sites is 1. The fourth-order valence-electron chi connectivity index (χ4n) is 3.39. The summed E-state index contributed by atoms with van der Waals surface area (Å²) in [6, 6.07) is 12.6. The number of ether oxygens (including phenoxy) is 1. The third-order valence-corrected chi connectivity index (χ3v) is 4.49. The quantitative estimate of drug-likeness (QED) is 0.675. The molecule has 2 aromatic carbocycles. The Morgan fingerprint density at radius 1 is 1.16 bits per heavy atom. The highest BCUT2D eigenvalue weighted by Gasteiger charge is 2.16. The van der Waals surface area contributed by atoms with Crippen LogP contribution in [0.15, 0.2) is 36.4 Å². The van der Waals surface area contributed by atoms with Crippen LogP contribution in [-0.2, 0) is 4.74 Å². The Morgan fingerprint density at radius 3 is 2.64 bits per heavy atom. The lowest BCUT2D eigenvalue weighted by Gasteiger charge is -2.13. The van der Waals surface area contributed by atoms with E-state index in [4.69, 9.17) is 4.74 Å². The number of carbonyl (C=O) groups excluding carboxylic acids is 1. The summed E-state index contributed by atoms with van der Waals surface area (Å²) < 4.78 is 7.30. The van der Waals surface area contributed by atoms with Crippen molar-refractivity contribution in [2.45, 2.75) is 26.8 Å². The number of aryl methyl sites for hydroxylation is 1. The van der Waals surface area contributed by atoms with Crippen LogP contribution in [0.3, 0.4) is 0 Å². The Morgan fingerprint density at radius 2 is 1.92 bits per heavy atom. The van der Waals surface area contributed by atoms with Crippen LogP contribution in [0.4, 0.5) is 10.5 Å². The number of hydrogen-bond acceptors (Lipinski definition) is 2. The van der Waals surface area contributed by atoms with E-state index in [9.17, 15) is 4.79 Å². The first-order chi connectivity index (χ1) is 12.0. The van der Waals surface area contributed by atoms with Gasteiger partial charge in [-0.05, 0) is 44.5 Å².